The third-order valence-electron chi connectivity index (χ3n) is 3.05. The number of carbonyl (C=O) groups excluding carboxylic acids is 1. The molecule has 1 amide bonds. The molecular weight excluding hydrogens is 300 g/mol. The van der Waals surface area contributed by atoms with E-state index in [1.165, 1.54) is 0 Å². The van der Waals surface area contributed by atoms with Gasteiger partial charge in [0.25, 0.3) is 5.91 Å². The largest absolute Gasteiger partial charge is 0.480 e. The van der Waals surface area contributed by atoms with E-state index in [9.17, 15) is 18.0 Å². The Bertz CT molecular complexity index is 649. The summed E-state index contributed by atoms with van der Waals surface area (Å²) in [7, 11) is -3.30. The standard InChI is InChI=1S/C11H16N4O5S/c1-21(19,20)5-4-7(11(17)18)12-10(16)9-13-8(14-15-9)6-2-3-6/h6-7H,2-5H2,1H3,(H,12,16)(H,17,18)(H,13,14,15). The second kappa shape index (κ2) is 5.80. The van der Waals surface area contributed by atoms with Crippen molar-refractivity contribution in [2.75, 3.05) is 12.0 Å². The van der Waals surface area contributed by atoms with Crippen LogP contribution in [0.1, 0.15) is 41.6 Å². The average Bonchev–Trinajstić information content (AvgIpc) is 3.10. The average molecular weight is 316 g/mol. The lowest BCUT2D eigenvalue weighted by Crippen LogP contribution is -2.42. The Kier molecular flexibility index (Phi) is 4.26. The van der Waals surface area contributed by atoms with Gasteiger partial charge in [0.1, 0.15) is 21.7 Å². The smallest absolute Gasteiger partial charge is 0.326 e. The molecule has 1 heterocycles. The maximum absolute atomic E-state index is 11.9. The van der Waals surface area contributed by atoms with E-state index < -0.39 is 27.8 Å². The summed E-state index contributed by atoms with van der Waals surface area (Å²) in [6.07, 6.45) is 2.77. The number of aromatic nitrogens is 3. The zero-order valence-electron chi connectivity index (χ0n) is 11.4. The van der Waals surface area contributed by atoms with Crippen LogP contribution in [0.4, 0.5) is 0 Å². The fourth-order valence-electron chi connectivity index (χ4n) is 1.73. The summed E-state index contributed by atoms with van der Waals surface area (Å²) in [4.78, 5) is 26.9. The van der Waals surface area contributed by atoms with Crippen molar-refractivity contribution in [2.45, 2.75) is 31.2 Å². The van der Waals surface area contributed by atoms with E-state index in [0.717, 1.165) is 19.1 Å². The van der Waals surface area contributed by atoms with Gasteiger partial charge in [-0.25, -0.2) is 18.2 Å². The zero-order chi connectivity index (χ0) is 15.6. The monoisotopic (exact) mass is 316 g/mol. The van der Waals surface area contributed by atoms with Gasteiger partial charge >= 0.3 is 5.97 Å². The van der Waals surface area contributed by atoms with Crippen LogP contribution in [0.25, 0.3) is 0 Å². The highest BCUT2D eigenvalue weighted by Gasteiger charge is 2.29. The Hall–Kier alpha value is -1.97. The number of hydrogen-bond donors (Lipinski definition) is 3. The molecule has 10 heteroatoms. The molecule has 1 aromatic heterocycles. The number of carboxylic acid groups (broad SMARTS) is 1. The van der Waals surface area contributed by atoms with Crippen LogP contribution in [0.2, 0.25) is 0 Å². The molecule has 0 spiro atoms. The molecule has 116 valence electrons. The van der Waals surface area contributed by atoms with Gasteiger partial charge in [0.15, 0.2) is 0 Å². The van der Waals surface area contributed by atoms with Crippen molar-refractivity contribution in [1.29, 1.82) is 0 Å². The molecule has 1 fully saturated rings. The number of nitrogens with zero attached hydrogens (tertiary/aromatic N) is 2. The molecule has 9 nitrogen and oxygen atoms in total. The van der Waals surface area contributed by atoms with Crippen LogP contribution in [0, 0.1) is 0 Å². The zero-order valence-corrected chi connectivity index (χ0v) is 12.2. The predicted octanol–water partition coefficient (Wildman–Crippen LogP) is -0.700. The number of hydrogen-bond acceptors (Lipinski definition) is 6. The first-order valence-corrected chi connectivity index (χ1v) is 8.46. The van der Waals surface area contributed by atoms with E-state index in [4.69, 9.17) is 5.11 Å². The first-order chi connectivity index (χ1) is 9.76. The van der Waals surface area contributed by atoms with Crippen LogP contribution in [0.3, 0.4) is 0 Å². The minimum Gasteiger partial charge on any atom is -0.480 e. The van der Waals surface area contributed by atoms with Crippen molar-refractivity contribution in [1.82, 2.24) is 20.5 Å². The highest BCUT2D eigenvalue weighted by atomic mass is 32.2. The van der Waals surface area contributed by atoms with Crippen molar-refractivity contribution in [3.05, 3.63) is 11.6 Å². The van der Waals surface area contributed by atoms with Crippen molar-refractivity contribution >= 4 is 21.7 Å². The number of aliphatic carboxylic acids is 1. The second-order valence-corrected chi connectivity index (χ2v) is 7.36. The van der Waals surface area contributed by atoms with Crippen LogP contribution in [0.5, 0.6) is 0 Å². The molecule has 21 heavy (non-hydrogen) atoms. The Balaban J connectivity index is 1.98. The predicted molar refractivity (Wildman–Crippen MR) is 71.6 cm³/mol. The van der Waals surface area contributed by atoms with Gasteiger partial charge in [0, 0.05) is 12.2 Å². The molecule has 1 atom stereocenters. The second-order valence-electron chi connectivity index (χ2n) is 5.10. The van der Waals surface area contributed by atoms with E-state index in [0.29, 0.717) is 11.7 Å². The number of aromatic amines is 1. The number of nitrogens with one attached hydrogen (secondary N) is 2. The number of carboxylic acids is 1. The molecule has 1 saturated carbocycles. The van der Waals surface area contributed by atoms with E-state index in [-0.39, 0.29) is 18.0 Å². The van der Waals surface area contributed by atoms with E-state index in [1.54, 1.807) is 0 Å². The maximum atomic E-state index is 11.9. The summed E-state index contributed by atoms with van der Waals surface area (Å²) in [5, 5.41) is 17.6. The van der Waals surface area contributed by atoms with Gasteiger partial charge in [0.2, 0.25) is 5.82 Å². The maximum Gasteiger partial charge on any atom is 0.326 e. The number of amides is 1. The normalized spacial score (nSPS) is 16.4. The highest BCUT2D eigenvalue weighted by molar-refractivity contribution is 7.90. The third-order valence-corrected chi connectivity index (χ3v) is 4.03. The summed E-state index contributed by atoms with van der Waals surface area (Å²) in [5.41, 5.74) is 0. The van der Waals surface area contributed by atoms with Crippen molar-refractivity contribution in [3.8, 4) is 0 Å². The van der Waals surface area contributed by atoms with Gasteiger partial charge in [0.05, 0.1) is 5.75 Å². The van der Waals surface area contributed by atoms with Gasteiger partial charge in [-0.15, -0.1) is 5.10 Å². The van der Waals surface area contributed by atoms with Crippen molar-refractivity contribution in [3.63, 3.8) is 0 Å². The van der Waals surface area contributed by atoms with Crippen molar-refractivity contribution in [2.24, 2.45) is 0 Å². The van der Waals surface area contributed by atoms with Gasteiger partial charge in [-0.1, -0.05) is 0 Å². The quantitative estimate of drug-likeness (QED) is 0.603. The van der Waals surface area contributed by atoms with Gasteiger partial charge in [-0.2, -0.15) is 0 Å². The van der Waals surface area contributed by atoms with Crippen LogP contribution >= 0.6 is 0 Å². The molecule has 1 aliphatic carbocycles. The first kappa shape index (κ1) is 15.4. The summed E-state index contributed by atoms with van der Waals surface area (Å²) >= 11 is 0. The molecular formula is C11H16N4O5S. The molecule has 1 aromatic rings. The molecule has 1 aliphatic rings. The molecule has 3 N–H and O–H groups in total. The lowest BCUT2D eigenvalue weighted by molar-refractivity contribution is -0.139. The lowest BCUT2D eigenvalue weighted by atomic mass is 10.2. The summed E-state index contributed by atoms with van der Waals surface area (Å²) < 4.78 is 22.1. The van der Waals surface area contributed by atoms with E-state index in [2.05, 4.69) is 20.5 Å². The van der Waals surface area contributed by atoms with Gasteiger partial charge in [-0.3, -0.25) is 9.89 Å². The molecule has 0 aromatic carbocycles. The van der Waals surface area contributed by atoms with Gasteiger partial charge in [-0.05, 0) is 19.3 Å². The minimum absolute atomic E-state index is 0.137. The highest BCUT2D eigenvalue weighted by Crippen LogP contribution is 2.37. The molecule has 2 rings (SSSR count). The van der Waals surface area contributed by atoms with Crippen LogP contribution in [-0.2, 0) is 14.6 Å². The fourth-order valence-corrected chi connectivity index (χ4v) is 2.39. The number of H-pyrrole nitrogens is 1. The van der Waals surface area contributed by atoms with E-state index in [1.807, 2.05) is 0 Å². The van der Waals surface area contributed by atoms with E-state index >= 15 is 0 Å². The number of sulfone groups is 1. The lowest BCUT2D eigenvalue weighted by Gasteiger charge is -2.12. The molecule has 0 bridgehead atoms. The third kappa shape index (κ3) is 4.52. The molecule has 1 unspecified atom stereocenters. The molecule has 0 aliphatic heterocycles. The molecule has 0 radical (unpaired) electrons. The first-order valence-electron chi connectivity index (χ1n) is 6.40. The van der Waals surface area contributed by atoms with Crippen molar-refractivity contribution < 1.29 is 23.1 Å². The number of rotatable bonds is 7. The van der Waals surface area contributed by atoms with Crippen LogP contribution in [0.15, 0.2) is 0 Å². The SMILES string of the molecule is CS(=O)(=O)CCC(NC(=O)c1n[nH]c(C2CC2)n1)C(=O)O. The summed E-state index contributed by atoms with van der Waals surface area (Å²) in [6.45, 7) is 0. The Morgan fingerprint density at radius 2 is 2.14 bits per heavy atom. The summed E-state index contributed by atoms with van der Waals surface area (Å²) in [5.74, 6) is -1.60. The molecule has 0 saturated heterocycles. The summed E-state index contributed by atoms with van der Waals surface area (Å²) in [6, 6.07) is -1.30. The Morgan fingerprint density at radius 3 is 2.67 bits per heavy atom. The van der Waals surface area contributed by atoms with Crippen LogP contribution < -0.4 is 5.32 Å². The number of carbonyl (C=O) groups is 2. The fraction of sp³-hybridized carbons (Fsp3) is 0.636. The Labute approximate surface area is 121 Å². The van der Waals surface area contributed by atoms with Crippen LogP contribution in [-0.4, -0.2) is 58.6 Å². The minimum atomic E-state index is -3.30. The van der Waals surface area contributed by atoms with Gasteiger partial charge < -0.3 is 10.4 Å². The topological polar surface area (TPSA) is 142 Å². The Morgan fingerprint density at radius 1 is 1.48 bits per heavy atom.